The number of fused-ring (bicyclic) bond motifs is 1. The molecule has 0 unspecified atom stereocenters. The van der Waals surface area contributed by atoms with Crippen LogP contribution in [0.3, 0.4) is 0 Å². The van der Waals surface area contributed by atoms with Gasteiger partial charge in [-0.05, 0) is 50.8 Å². The van der Waals surface area contributed by atoms with E-state index in [0.29, 0.717) is 11.8 Å². The Bertz CT molecular complexity index is 1710. The summed E-state index contributed by atoms with van der Waals surface area (Å²) in [6.07, 6.45) is 0. The zero-order chi connectivity index (χ0) is 26.9. The van der Waals surface area contributed by atoms with E-state index < -0.39 is 0 Å². The molecule has 1 aromatic heterocycles. The van der Waals surface area contributed by atoms with Gasteiger partial charge in [-0.3, -0.25) is 0 Å². The predicted molar refractivity (Wildman–Crippen MR) is 172 cm³/mol. The van der Waals surface area contributed by atoms with E-state index in [-0.39, 0.29) is 0 Å². The Morgan fingerprint density at radius 3 is 1.49 bits per heavy atom. The highest BCUT2D eigenvalue weighted by molar-refractivity contribution is 7.21. The minimum Gasteiger partial charge on any atom is -0.134 e. The van der Waals surface area contributed by atoms with E-state index in [4.69, 9.17) is 0 Å². The molecule has 39 heavy (non-hydrogen) atoms. The number of rotatable bonds is 6. The van der Waals surface area contributed by atoms with Gasteiger partial charge in [-0.25, -0.2) is 0 Å². The summed E-state index contributed by atoms with van der Waals surface area (Å²) in [6.45, 7) is 9.26. The Kier molecular flexibility index (Phi) is 6.94. The minimum atomic E-state index is 0.448. The molecule has 0 fully saturated rings. The van der Waals surface area contributed by atoms with Gasteiger partial charge in [0.25, 0.3) is 0 Å². The number of hydrogen-bond acceptors (Lipinski definition) is 1. The maximum atomic E-state index is 2.32. The molecule has 0 spiro atoms. The van der Waals surface area contributed by atoms with Crippen LogP contribution >= 0.6 is 11.3 Å². The van der Waals surface area contributed by atoms with Crippen LogP contribution in [0.25, 0.3) is 53.9 Å². The van der Waals surface area contributed by atoms with Gasteiger partial charge < -0.3 is 0 Å². The Morgan fingerprint density at radius 2 is 0.897 bits per heavy atom. The summed E-state index contributed by atoms with van der Waals surface area (Å²) in [4.78, 5) is 2.73. The molecule has 0 saturated carbocycles. The summed E-state index contributed by atoms with van der Waals surface area (Å²) in [5.41, 5.74) is 10.6. The smallest absolute Gasteiger partial charge is 0.0434 e. The molecule has 0 aliphatic heterocycles. The van der Waals surface area contributed by atoms with Crippen molar-refractivity contribution in [1.82, 2.24) is 0 Å². The van der Waals surface area contributed by atoms with Crippen LogP contribution in [0.5, 0.6) is 0 Å². The van der Waals surface area contributed by atoms with Gasteiger partial charge in [0.15, 0.2) is 0 Å². The van der Waals surface area contributed by atoms with Gasteiger partial charge in [0.05, 0.1) is 0 Å². The van der Waals surface area contributed by atoms with Gasteiger partial charge in [0, 0.05) is 26.1 Å². The molecule has 6 aromatic rings. The number of benzene rings is 5. The van der Waals surface area contributed by atoms with E-state index in [0.717, 1.165) is 0 Å². The van der Waals surface area contributed by atoms with E-state index in [2.05, 4.69) is 149 Å². The third kappa shape index (κ3) is 4.62. The molecular weight excluding hydrogens is 488 g/mol. The van der Waals surface area contributed by atoms with Gasteiger partial charge in [-0.2, -0.15) is 0 Å². The van der Waals surface area contributed by atoms with Crippen LogP contribution in [-0.4, -0.2) is 0 Å². The molecule has 0 aliphatic rings. The SMILES string of the molecule is CC(C)c1cccc(C(C)C)c1-c1sc(-c2cccc(-c3ccccc3)c2-c2ccccc2)c2ccccc12. The molecule has 1 heterocycles. The van der Waals surface area contributed by atoms with Crippen LogP contribution in [0.15, 0.2) is 121 Å². The molecule has 0 aliphatic carbocycles. The van der Waals surface area contributed by atoms with Crippen molar-refractivity contribution in [2.45, 2.75) is 39.5 Å². The van der Waals surface area contributed by atoms with E-state index in [9.17, 15) is 0 Å². The fourth-order valence-electron chi connectivity index (χ4n) is 5.81. The molecule has 0 nitrogen and oxygen atoms in total. The molecular formula is C38H34S. The van der Waals surface area contributed by atoms with Crippen molar-refractivity contribution >= 4 is 22.1 Å². The fraction of sp³-hybridized carbons (Fsp3) is 0.158. The molecule has 5 aromatic carbocycles. The van der Waals surface area contributed by atoms with Crippen LogP contribution in [0.4, 0.5) is 0 Å². The maximum Gasteiger partial charge on any atom is 0.0434 e. The molecule has 0 bridgehead atoms. The van der Waals surface area contributed by atoms with Crippen molar-refractivity contribution in [3.05, 3.63) is 132 Å². The first-order valence-electron chi connectivity index (χ1n) is 13.9. The normalized spacial score (nSPS) is 11.5. The monoisotopic (exact) mass is 522 g/mol. The lowest BCUT2D eigenvalue weighted by Gasteiger charge is -2.19. The van der Waals surface area contributed by atoms with E-state index >= 15 is 0 Å². The van der Waals surface area contributed by atoms with Gasteiger partial charge >= 0.3 is 0 Å². The standard InChI is InChI=1S/C38H34S/c1-25(2)29-21-13-22-30(26(3)4)36(29)38-33-20-12-11-19-32(33)37(39-38)34-24-14-23-31(27-15-7-5-8-16-27)35(34)28-17-9-6-10-18-28/h5-26H,1-4H3. The van der Waals surface area contributed by atoms with E-state index in [1.165, 1.54) is 65.0 Å². The summed E-state index contributed by atoms with van der Waals surface area (Å²) in [5, 5.41) is 2.67. The zero-order valence-electron chi connectivity index (χ0n) is 23.1. The zero-order valence-corrected chi connectivity index (χ0v) is 23.9. The molecule has 0 saturated heterocycles. The first kappa shape index (κ1) is 25.3. The van der Waals surface area contributed by atoms with Crippen LogP contribution < -0.4 is 0 Å². The lowest BCUT2D eigenvalue weighted by atomic mass is 9.86. The fourth-order valence-corrected chi connectivity index (χ4v) is 7.20. The highest BCUT2D eigenvalue weighted by Crippen LogP contribution is 2.51. The Hall–Kier alpha value is -3.94. The van der Waals surface area contributed by atoms with E-state index in [1.54, 1.807) is 0 Å². The largest absolute Gasteiger partial charge is 0.134 e. The Morgan fingerprint density at radius 1 is 0.410 bits per heavy atom. The molecule has 0 N–H and O–H groups in total. The highest BCUT2D eigenvalue weighted by atomic mass is 32.1. The summed E-state index contributed by atoms with van der Waals surface area (Å²) in [7, 11) is 0. The quantitative estimate of drug-likeness (QED) is 0.204. The van der Waals surface area contributed by atoms with Crippen LogP contribution in [-0.2, 0) is 0 Å². The molecule has 0 radical (unpaired) electrons. The van der Waals surface area contributed by atoms with Crippen molar-refractivity contribution < 1.29 is 0 Å². The van der Waals surface area contributed by atoms with E-state index in [1.807, 2.05) is 11.3 Å². The Balaban J connectivity index is 1.70. The summed E-state index contributed by atoms with van der Waals surface area (Å²) in [5.74, 6) is 0.897. The van der Waals surface area contributed by atoms with Crippen molar-refractivity contribution in [2.75, 3.05) is 0 Å². The minimum absolute atomic E-state index is 0.448. The van der Waals surface area contributed by atoms with Gasteiger partial charge in [0.1, 0.15) is 0 Å². The third-order valence-electron chi connectivity index (χ3n) is 7.68. The molecule has 6 rings (SSSR count). The second-order valence-corrected chi connectivity index (χ2v) is 11.9. The Labute approximate surface area is 236 Å². The van der Waals surface area contributed by atoms with Gasteiger partial charge in [-0.1, -0.05) is 149 Å². The van der Waals surface area contributed by atoms with Crippen molar-refractivity contribution in [3.8, 4) is 43.1 Å². The first-order valence-corrected chi connectivity index (χ1v) is 14.7. The average Bonchev–Trinajstić information content (AvgIpc) is 3.36. The van der Waals surface area contributed by atoms with Crippen molar-refractivity contribution in [3.63, 3.8) is 0 Å². The highest BCUT2D eigenvalue weighted by Gasteiger charge is 2.23. The first-order chi connectivity index (χ1) is 19.0. The third-order valence-corrected chi connectivity index (χ3v) is 8.95. The van der Waals surface area contributed by atoms with Crippen LogP contribution in [0.2, 0.25) is 0 Å². The lowest BCUT2D eigenvalue weighted by molar-refractivity contribution is 0.839. The maximum absolute atomic E-state index is 2.32. The lowest BCUT2D eigenvalue weighted by Crippen LogP contribution is -1.98. The molecule has 1 heteroatoms. The predicted octanol–water partition coefficient (Wildman–Crippen LogP) is 11.8. The second kappa shape index (κ2) is 10.7. The molecule has 0 amide bonds. The summed E-state index contributed by atoms with van der Waals surface area (Å²) < 4.78 is 0. The number of hydrogen-bond donors (Lipinski definition) is 0. The van der Waals surface area contributed by atoms with Crippen molar-refractivity contribution in [1.29, 1.82) is 0 Å². The van der Waals surface area contributed by atoms with Crippen molar-refractivity contribution in [2.24, 2.45) is 0 Å². The number of thiophene rings is 1. The van der Waals surface area contributed by atoms with Gasteiger partial charge in [-0.15, -0.1) is 11.3 Å². The van der Waals surface area contributed by atoms with Crippen LogP contribution in [0, 0.1) is 0 Å². The average molecular weight is 523 g/mol. The van der Waals surface area contributed by atoms with Crippen LogP contribution in [0.1, 0.15) is 50.7 Å². The summed E-state index contributed by atoms with van der Waals surface area (Å²) >= 11 is 1.95. The molecule has 0 atom stereocenters. The topological polar surface area (TPSA) is 0 Å². The second-order valence-electron chi connectivity index (χ2n) is 10.9. The molecule has 192 valence electrons. The van der Waals surface area contributed by atoms with Gasteiger partial charge in [0.2, 0.25) is 0 Å². The summed E-state index contributed by atoms with van der Waals surface area (Å²) in [6, 6.07) is 44.4.